The molecule has 24 heavy (non-hydrogen) atoms. The highest BCUT2D eigenvalue weighted by Gasteiger charge is 2.43. The Hall–Kier alpha value is -1.73. The van der Waals surface area contributed by atoms with E-state index in [1.165, 1.54) is 0 Å². The molecule has 3 aliphatic rings. The van der Waals surface area contributed by atoms with Crippen LogP contribution in [0, 0.1) is 0 Å². The van der Waals surface area contributed by atoms with Gasteiger partial charge in [0, 0.05) is 6.54 Å². The third-order valence-corrected chi connectivity index (χ3v) is 6.32. The van der Waals surface area contributed by atoms with Gasteiger partial charge < -0.3 is 15.0 Å². The number of amides is 1. The van der Waals surface area contributed by atoms with E-state index in [2.05, 4.69) is 20.2 Å². The van der Waals surface area contributed by atoms with Crippen LogP contribution in [0.5, 0.6) is 0 Å². The average Bonchev–Trinajstić information content (AvgIpc) is 3.36. The maximum Gasteiger partial charge on any atom is 0.243 e. The molecule has 3 saturated heterocycles. The highest BCUT2D eigenvalue weighted by molar-refractivity contribution is 7.16. The van der Waals surface area contributed by atoms with E-state index in [4.69, 9.17) is 4.74 Å². The molecule has 3 aliphatic heterocycles. The molecule has 3 fully saturated rings. The Balaban J connectivity index is 1.37. The Morgan fingerprint density at radius 1 is 1.33 bits per heavy atom. The normalized spacial score (nSPS) is 31.9. The first-order valence-electron chi connectivity index (χ1n) is 8.70. The van der Waals surface area contributed by atoms with Crippen LogP contribution in [0.3, 0.4) is 0 Å². The summed E-state index contributed by atoms with van der Waals surface area (Å²) in [5, 5.41) is 6.32. The molecule has 7 heteroatoms. The van der Waals surface area contributed by atoms with Crippen LogP contribution in [0.2, 0.25) is 0 Å². The minimum atomic E-state index is -0.137. The van der Waals surface area contributed by atoms with Crippen LogP contribution in [0.4, 0.5) is 5.82 Å². The highest BCUT2D eigenvalue weighted by Crippen LogP contribution is 2.35. The first-order valence-corrected chi connectivity index (χ1v) is 9.58. The number of hydrogen-bond acceptors (Lipinski definition) is 6. The lowest BCUT2D eigenvalue weighted by atomic mass is 9.95. The Morgan fingerprint density at radius 2 is 2.29 bits per heavy atom. The second-order valence-electron chi connectivity index (χ2n) is 6.91. The van der Waals surface area contributed by atoms with Crippen LogP contribution in [-0.4, -0.2) is 46.7 Å². The number of thiophene rings is 1. The molecule has 4 atom stereocenters. The van der Waals surface area contributed by atoms with E-state index in [0.29, 0.717) is 6.10 Å². The molecular formula is C17H20N4O2S. The van der Waals surface area contributed by atoms with Crippen molar-refractivity contribution in [2.75, 3.05) is 11.4 Å². The molecule has 0 unspecified atom stereocenters. The number of carbonyl (C=O) groups is 1. The van der Waals surface area contributed by atoms with Gasteiger partial charge in [0.25, 0.3) is 0 Å². The van der Waals surface area contributed by atoms with Crippen molar-refractivity contribution in [2.24, 2.45) is 0 Å². The third-order valence-electron chi connectivity index (χ3n) is 5.50. The van der Waals surface area contributed by atoms with Gasteiger partial charge >= 0.3 is 0 Å². The van der Waals surface area contributed by atoms with Gasteiger partial charge in [0.1, 0.15) is 23.0 Å². The molecule has 2 aromatic heterocycles. The summed E-state index contributed by atoms with van der Waals surface area (Å²) in [5.74, 6) is 1.01. The zero-order chi connectivity index (χ0) is 16.1. The van der Waals surface area contributed by atoms with Crippen LogP contribution in [0.1, 0.15) is 32.1 Å². The molecule has 6 nitrogen and oxygen atoms in total. The predicted molar refractivity (Wildman–Crippen MR) is 92.2 cm³/mol. The van der Waals surface area contributed by atoms with Crippen LogP contribution < -0.4 is 10.2 Å². The fourth-order valence-corrected chi connectivity index (χ4v) is 5.09. The van der Waals surface area contributed by atoms with Gasteiger partial charge in [-0.05, 0) is 43.6 Å². The summed E-state index contributed by atoms with van der Waals surface area (Å²) < 4.78 is 5.86. The number of fused-ring (bicyclic) bond motifs is 3. The average molecular weight is 344 g/mol. The van der Waals surface area contributed by atoms with Crippen molar-refractivity contribution >= 4 is 33.3 Å². The number of rotatable bonds is 3. The summed E-state index contributed by atoms with van der Waals surface area (Å²) in [6.45, 7) is 0.868. The summed E-state index contributed by atoms with van der Waals surface area (Å²) in [5.41, 5.74) is 0. The second-order valence-corrected chi connectivity index (χ2v) is 7.81. The second kappa shape index (κ2) is 5.67. The Kier molecular flexibility index (Phi) is 3.45. The van der Waals surface area contributed by atoms with Crippen LogP contribution in [0.25, 0.3) is 10.2 Å². The van der Waals surface area contributed by atoms with Crippen molar-refractivity contribution in [3.63, 3.8) is 0 Å². The summed E-state index contributed by atoms with van der Waals surface area (Å²) in [6.07, 6.45) is 7.25. The molecule has 1 N–H and O–H groups in total. The fourth-order valence-electron chi connectivity index (χ4n) is 4.37. The molecule has 1 amide bonds. The molecule has 2 bridgehead atoms. The number of carbonyl (C=O) groups excluding carboxylic acids is 1. The lowest BCUT2D eigenvalue weighted by Crippen LogP contribution is -2.50. The number of ether oxygens (including phenoxy) is 1. The van der Waals surface area contributed by atoms with Crippen molar-refractivity contribution in [2.45, 2.75) is 56.4 Å². The number of anilines is 1. The summed E-state index contributed by atoms with van der Waals surface area (Å²) >= 11 is 1.61. The monoisotopic (exact) mass is 344 g/mol. The quantitative estimate of drug-likeness (QED) is 0.923. The zero-order valence-corrected chi connectivity index (χ0v) is 14.2. The Morgan fingerprint density at radius 3 is 3.12 bits per heavy atom. The minimum absolute atomic E-state index is 0.121. The molecule has 0 aliphatic carbocycles. The van der Waals surface area contributed by atoms with E-state index in [1.807, 2.05) is 11.4 Å². The molecule has 0 radical (unpaired) electrons. The van der Waals surface area contributed by atoms with Gasteiger partial charge in [-0.3, -0.25) is 4.79 Å². The molecule has 2 aromatic rings. The van der Waals surface area contributed by atoms with Gasteiger partial charge in [0.2, 0.25) is 5.91 Å². The molecule has 5 heterocycles. The Bertz CT molecular complexity index is 779. The molecule has 0 aromatic carbocycles. The SMILES string of the molecule is O=C(N[C@@H]1C[C@H]2CC[C@H]1O2)[C@H]1CCCN1c1ncnc2sccc12. The lowest BCUT2D eigenvalue weighted by Gasteiger charge is -2.28. The largest absolute Gasteiger partial charge is 0.373 e. The molecule has 0 saturated carbocycles. The van der Waals surface area contributed by atoms with Crippen LogP contribution in [0.15, 0.2) is 17.8 Å². The molecular weight excluding hydrogens is 324 g/mol. The minimum Gasteiger partial charge on any atom is -0.373 e. The van der Waals surface area contributed by atoms with Crippen molar-refractivity contribution in [1.82, 2.24) is 15.3 Å². The van der Waals surface area contributed by atoms with Gasteiger partial charge in [-0.25, -0.2) is 9.97 Å². The standard InChI is InChI=1S/C17H20N4O2S/c22-16(20-12-8-10-3-4-14(12)23-10)13-2-1-6-21(13)15-11-5-7-24-17(11)19-9-18-15/h5,7,9-10,12-14H,1-4,6,8H2,(H,20,22)/t10-,12-,13-,14-/m1/s1. The first-order chi connectivity index (χ1) is 11.8. The molecule has 5 rings (SSSR count). The summed E-state index contributed by atoms with van der Waals surface area (Å²) in [7, 11) is 0. The number of aromatic nitrogens is 2. The fraction of sp³-hybridized carbons (Fsp3) is 0.588. The van der Waals surface area contributed by atoms with Crippen LogP contribution in [-0.2, 0) is 9.53 Å². The maximum atomic E-state index is 12.9. The van der Waals surface area contributed by atoms with E-state index in [1.54, 1.807) is 17.7 Å². The zero-order valence-electron chi connectivity index (χ0n) is 13.4. The van der Waals surface area contributed by atoms with Gasteiger partial charge in [-0.1, -0.05) is 0 Å². The lowest BCUT2D eigenvalue weighted by molar-refractivity contribution is -0.123. The van der Waals surface area contributed by atoms with Crippen molar-refractivity contribution in [1.29, 1.82) is 0 Å². The van der Waals surface area contributed by atoms with Crippen molar-refractivity contribution in [3.8, 4) is 0 Å². The molecule has 126 valence electrons. The van der Waals surface area contributed by atoms with Crippen molar-refractivity contribution < 1.29 is 9.53 Å². The van der Waals surface area contributed by atoms with E-state index in [0.717, 1.165) is 54.7 Å². The van der Waals surface area contributed by atoms with E-state index >= 15 is 0 Å². The van der Waals surface area contributed by atoms with E-state index < -0.39 is 0 Å². The van der Waals surface area contributed by atoms with Crippen LogP contribution >= 0.6 is 11.3 Å². The van der Waals surface area contributed by atoms with Gasteiger partial charge in [0.05, 0.1) is 23.6 Å². The topological polar surface area (TPSA) is 67.3 Å². The van der Waals surface area contributed by atoms with Gasteiger partial charge in [0.15, 0.2) is 0 Å². The number of nitrogens with one attached hydrogen (secondary N) is 1. The maximum absolute atomic E-state index is 12.9. The van der Waals surface area contributed by atoms with E-state index in [9.17, 15) is 4.79 Å². The first kappa shape index (κ1) is 14.6. The van der Waals surface area contributed by atoms with E-state index in [-0.39, 0.29) is 24.1 Å². The molecule has 0 spiro atoms. The smallest absolute Gasteiger partial charge is 0.243 e. The summed E-state index contributed by atoms with van der Waals surface area (Å²) in [4.78, 5) is 24.8. The highest BCUT2D eigenvalue weighted by atomic mass is 32.1. The number of nitrogens with zero attached hydrogens (tertiary/aromatic N) is 3. The van der Waals surface area contributed by atoms with Gasteiger partial charge in [-0.2, -0.15) is 0 Å². The summed E-state index contributed by atoms with van der Waals surface area (Å²) in [6, 6.07) is 2.10. The third kappa shape index (κ3) is 2.29. The van der Waals surface area contributed by atoms with Gasteiger partial charge in [-0.15, -0.1) is 11.3 Å². The van der Waals surface area contributed by atoms with Crippen molar-refractivity contribution in [3.05, 3.63) is 17.8 Å². The Labute approximate surface area is 144 Å². The predicted octanol–water partition coefficient (Wildman–Crippen LogP) is 2.10. The number of hydrogen-bond donors (Lipinski definition) is 1.